The lowest BCUT2D eigenvalue weighted by Gasteiger charge is -2.12. The predicted octanol–water partition coefficient (Wildman–Crippen LogP) is 3.64. The number of anilines is 1. The van der Waals surface area contributed by atoms with Gasteiger partial charge in [-0.15, -0.1) is 0 Å². The second-order valence-electron chi connectivity index (χ2n) is 4.63. The van der Waals surface area contributed by atoms with Crippen LogP contribution < -0.4 is 10.1 Å². The zero-order valence-electron chi connectivity index (χ0n) is 11.9. The third-order valence-electron chi connectivity index (χ3n) is 3.26. The highest BCUT2D eigenvalue weighted by Crippen LogP contribution is 2.23. The molecule has 0 amide bonds. The maximum atomic E-state index is 5.53. The maximum Gasteiger partial charge on any atom is 0.237 e. The minimum atomic E-state index is 0.601. The molecule has 106 valence electrons. The van der Waals surface area contributed by atoms with E-state index >= 15 is 0 Å². The lowest BCUT2D eigenvalue weighted by atomic mass is 10.1. The fourth-order valence-corrected chi connectivity index (χ4v) is 2.28. The van der Waals surface area contributed by atoms with E-state index in [-0.39, 0.29) is 0 Å². The van der Waals surface area contributed by atoms with Gasteiger partial charge in [-0.1, -0.05) is 18.2 Å². The second kappa shape index (κ2) is 6.22. The summed E-state index contributed by atoms with van der Waals surface area (Å²) in [5.41, 5.74) is 3.11. The monoisotopic (exact) mass is 279 g/mol. The van der Waals surface area contributed by atoms with Crippen molar-refractivity contribution < 1.29 is 4.74 Å². The Morgan fingerprint density at radius 1 is 1.00 bits per heavy atom. The number of nitrogens with one attached hydrogen (secondary N) is 1. The number of para-hydroxylation sites is 1. The molecule has 3 rings (SSSR count). The summed E-state index contributed by atoms with van der Waals surface area (Å²) < 4.78 is 5.53. The average Bonchev–Trinajstić information content (AvgIpc) is 2.54. The van der Waals surface area contributed by atoms with Crippen molar-refractivity contribution in [3.8, 4) is 5.88 Å². The van der Waals surface area contributed by atoms with Gasteiger partial charge in [-0.2, -0.15) is 0 Å². The van der Waals surface area contributed by atoms with Crippen molar-refractivity contribution in [3.63, 3.8) is 0 Å². The fraction of sp³-hybridized carbons (Fsp3) is 0.176. The van der Waals surface area contributed by atoms with Crippen molar-refractivity contribution in [2.45, 2.75) is 13.5 Å². The summed E-state index contributed by atoms with van der Waals surface area (Å²) in [6.07, 6.45) is 3.57. The van der Waals surface area contributed by atoms with Gasteiger partial charge < -0.3 is 10.1 Å². The molecule has 0 atom stereocenters. The van der Waals surface area contributed by atoms with Crippen molar-refractivity contribution >= 4 is 16.6 Å². The number of rotatable bonds is 5. The molecule has 1 aromatic carbocycles. The second-order valence-corrected chi connectivity index (χ2v) is 4.63. The van der Waals surface area contributed by atoms with Crippen LogP contribution in [0.3, 0.4) is 0 Å². The van der Waals surface area contributed by atoms with Crippen LogP contribution in [0.15, 0.2) is 54.9 Å². The van der Waals surface area contributed by atoms with E-state index in [0.717, 1.165) is 16.6 Å². The van der Waals surface area contributed by atoms with Gasteiger partial charge in [0.15, 0.2) is 0 Å². The minimum Gasteiger partial charge on any atom is -0.476 e. The number of hydrogen-bond acceptors (Lipinski definition) is 4. The lowest BCUT2D eigenvalue weighted by molar-refractivity contribution is 0.328. The first-order valence-electron chi connectivity index (χ1n) is 7.03. The zero-order valence-corrected chi connectivity index (χ0v) is 11.9. The summed E-state index contributed by atoms with van der Waals surface area (Å²) >= 11 is 0. The number of aromatic nitrogens is 2. The van der Waals surface area contributed by atoms with Crippen molar-refractivity contribution in [3.05, 3.63) is 60.4 Å². The van der Waals surface area contributed by atoms with Crippen molar-refractivity contribution in [1.82, 2.24) is 9.97 Å². The summed E-state index contributed by atoms with van der Waals surface area (Å²) in [4.78, 5) is 8.63. The number of benzene rings is 1. The standard InChI is InChI=1S/C17H17N3O/c1-2-21-17-16(8-5-10-19-17)20-12-13-9-11-18-15-7-4-3-6-14(13)15/h3-11,20H,2,12H2,1H3. The lowest BCUT2D eigenvalue weighted by Crippen LogP contribution is -2.04. The van der Waals surface area contributed by atoms with Gasteiger partial charge in [-0.3, -0.25) is 4.98 Å². The van der Waals surface area contributed by atoms with Crippen LogP contribution in [0.1, 0.15) is 12.5 Å². The van der Waals surface area contributed by atoms with Crippen molar-refractivity contribution in [2.24, 2.45) is 0 Å². The molecule has 0 fully saturated rings. The first-order valence-corrected chi connectivity index (χ1v) is 7.03. The first-order chi connectivity index (χ1) is 10.4. The maximum absolute atomic E-state index is 5.53. The molecule has 0 radical (unpaired) electrons. The van der Waals surface area contributed by atoms with Gasteiger partial charge in [0.05, 0.1) is 17.8 Å². The van der Waals surface area contributed by atoms with Gasteiger partial charge in [-0.25, -0.2) is 4.98 Å². The topological polar surface area (TPSA) is 47.0 Å². The van der Waals surface area contributed by atoms with E-state index in [0.29, 0.717) is 19.0 Å². The highest BCUT2D eigenvalue weighted by atomic mass is 16.5. The third kappa shape index (κ3) is 2.94. The molecule has 0 bridgehead atoms. The number of pyridine rings is 2. The van der Waals surface area contributed by atoms with E-state index in [2.05, 4.69) is 21.4 Å². The van der Waals surface area contributed by atoms with E-state index in [1.165, 1.54) is 5.56 Å². The molecule has 0 spiro atoms. The Bertz CT molecular complexity index is 737. The third-order valence-corrected chi connectivity index (χ3v) is 3.26. The minimum absolute atomic E-state index is 0.601. The molecule has 4 heteroatoms. The Hall–Kier alpha value is -2.62. The number of fused-ring (bicyclic) bond motifs is 1. The Morgan fingerprint density at radius 3 is 2.81 bits per heavy atom. The van der Waals surface area contributed by atoms with Crippen LogP contribution in [-0.4, -0.2) is 16.6 Å². The highest BCUT2D eigenvalue weighted by Gasteiger charge is 2.05. The van der Waals surface area contributed by atoms with Crippen LogP contribution in [-0.2, 0) is 6.54 Å². The number of nitrogens with zero attached hydrogens (tertiary/aromatic N) is 2. The van der Waals surface area contributed by atoms with E-state index < -0.39 is 0 Å². The van der Waals surface area contributed by atoms with E-state index in [1.54, 1.807) is 6.20 Å². The average molecular weight is 279 g/mol. The Morgan fingerprint density at radius 2 is 1.90 bits per heavy atom. The van der Waals surface area contributed by atoms with Gasteiger partial charge in [0, 0.05) is 24.3 Å². The molecule has 1 N–H and O–H groups in total. The van der Waals surface area contributed by atoms with Crippen LogP contribution in [0.4, 0.5) is 5.69 Å². The summed E-state index contributed by atoms with van der Waals surface area (Å²) in [5.74, 6) is 0.637. The number of ether oxygens (including phenoxy) is 1. The van der Waals surface area contributed by atoms with Crippen molar-refractivity contribution in [1.29, 1.82) is 0 Å². The van der Waals surface area contributed by atoms with Crippen LogP contribution >= 0.6 is 0 Å². The van der Waals surface area contributed by atoms with Gasteiger partial charge >= 0.3 is 0 Å². The number of hydrogen-bond donors (Lipinski definition) is 1. The summed E-state index contributed by atoms with van der Waals surface area (Å²) in [7, 11) is 0. The molecule has 0 aliphatic carbocycles. The molecule has 0 unspecified atom stereocenters. The quantitative estimate of drug-likeness (QED) is 0.774. The Labute approximate surface area is 123 Å². The van der Waals surface area contributed by atoms with Gasteiger partial charge in [0.2, 0.25) is 5.88 Å². The van der Waals surface area contributed by atoms with Crippen LogP contribution in [0.5, 0.6) is 5.88 Å². The highest BCUT2D eigenvalue weighted by molar-refractivity contribution is 5.82. The molecule has 4 nitrogen and oxygen atoms in total. The fourth-order valence-electron chi connectivity index (χ4n) is 2.28. The molecule has 0 saturated heterocycles. The summed E-state index contributed by atoms with van der Waals surface area (Å²) in [5, 5.41) is 4.55. The molecular weight excluding hydrogens is 262 g/mol. The summed E-state index contributed by atoms with van der Waals surface area (Å²) in [6, 6.07) is 14.0. The molecule has 0 saturated carbocycles. The molecule has 0 aliphatic heterocycles. The molecule has 3 aromatic rings. The molecular formula is C17H17N3O. The molecule has 21 heavy (non-hydrogen) atoms. The van der Waals surface area contributed by atoms with Gasteiger partial charge in [0.1, 0.15) is 0 Å². The van der Waals surface area contributed by atoms with Crippen molar-refractivity contribution in [2.75, 3.05) is 11.9 Å². The van der Waals surface area contributed by atoms with E-state index in [1.807, 2.05) is 49.5 Å². The molecule has 2 heterocycles. The van der Waals surface area contributed by atoms with E-state index in [9.17, 15) is 0 Å². The largest absolute Gasteiger partial charge is 0.476 e. The van der Waals surface area contributed by atoms with Gasteiger partial charge in [0.25, 0.3) is 0 Å². The Kier molecular flexibility index (Phi) is 3.96. The normalized spacial score (nSPS) is 10.5. The smallest absolute Gasteiger partial charge is 0.237 e. The zero-order chi connectivity index (χ0) is 14.5. The van der Waals surface area contributed by atoms with Crippen LogP contribution in [0.2, 0.25) is 0 Å². The van der Waals surface area contributed by atoms with Gasteiger partial charge in [-0.05, 0) is 36.8 Å². The van der Waals surface area contributed by atoms with Crippen LogP contribution in [0.25, 0.3) is 10.9 Å². The Balaban J connectivity index is 1.84. The summed E-state index contributed by atoms with van der Waals surface area (Å²) in [6.45, 7) is 3.26. The predicted molar refractivity (Wildman–Crippen MR) is 84.5 cm³/mol. The first kappa shape index (κ1) is 13.4. The van der Waals surface area contributed by atoms with Crippen LogP contribution in [0, 0.1) is 0 Å². The molecule has 0 aliphatic rings. The van der Waals surface area contributed by atoms with E-state index in [4.69, 9.17) is 4.74 Å². The SMILES string of the molecule is CCOc1ncccc1NCc1ccnc2ccccc12. The molecule has 2 aromatic heterocycles.